The van der Waals surface area contributed by atoms with Gasteiger partial charge in [0.1, 0.15) is 0 Å². The van der Waals surface area contributed by atoms with Crippen LogP contribution in [0.15, 0.2) is 0 Å². The number of rotatable bonds is 9. The summed E-state index contributed by atoms with van der Waals surface area (Å²) in [4.78, 5) is 2.22. The Morgan fingerprint density at radius 2 is 2.25 bits per heavy atom. The summed E-state index contributed by atoms with van der Waals surface area (Å²) >= 11 is 0. The van der Waals surface area contributed by atoms with Crippen LogP contribution in [0.4, 0.5) is 0 Å². The van der Waals surface area contributed by atoms with Gasteiger partial charge in [0.15, 0.2) is 0 Å². The van der Waals surface area contributed by atoms with Crippen molar-refractivity contribution in [3.8, 4) is 6.07 Å². The third-order valence-corrected chi connectivity index (χ3v) is 2.97. The normalized spacial score (nSPS) is 17.4. The Morgan fingerprint density at radius 1 is 1.50 bits per heavy atom. The molecule has 0 spiro atoms. The van der Waals surface area contributed by atoms with Crippen LogP contribution < -0.4 is 5.32 Å². The summed E-state index contributed by atoms with van der Waals surface area (Å²) in [7, 11) is 3.90. The van der Waals surface area contributed by atoms with Gasteiger partial charge in [0, 0.05) is 19.7 Å². The van der Waals surface area contributed by atoms with E-state index in [-0.39, 0.29) is 6.04 Å². The van der Waals surface area contributed by atoms with Gasteiger partial charge in [-0.05, 0) is 39.3 Å². The van der Waals surface area contributed by atoms with Crippen molar-refractivity contribution in [2.24, 2.45) is 5.92 Å². The first-order valence-electron chi connectivity index (χ1n) is 6.09. The summed E-state index contributed by atoms with van der Waals surface area (Å²) in [5, 5.41) is 11.7. The van der Waals surface area contributed by atoms with E-state index in [0.717, 1.165) is 38.6 Å². The highest BCUT2D eigenvalue weighted by atomic mass is 16.5. The number of nitriles is 1. The average molecular weight is 225 g/mol. The fourth-order valence-corrected chi connectivity index (χ4v) is 1.49. The molecule has 1 unspecified atom stereocenters. The van der Waals surface area contributed by atoms with Gasteiger partial charge < -0.3 is 15.0 Å². The van der Waals surface area contributed by atoms with Gasteiger partial charge in [-0.15, -0.1) is 0 Å². The van der Waals surface area contributed by atoms with Gasteiger partial charge in [-0.3, -0.25) is 0 Å². The van der Waals surface area contributed by atoms with Crippen molar-refractivity contribution in [3.05, 3.63) is 0 Å². The van der Waals surface area contributed by atoms with Crippen molar-refractivity contribution in [1.29, 1.82) is 5.26 Å². The van der Waals surface area contributed by atoms with E-state index in [0.29, 0.717) is 0 Å². The summed E-state index contributed by atoms with van der Waals surface area (Å²) in [6.45, 7) is 3.63. The Kier molecular flexibility index (Phi) is 6.39. The van der Waals surface area contributed by atoms with Crippen molar-refractivity contribution in [1.82, 2.24) is 10.2 Å². The van der Waals surface area contributed by atoms with Gasteiger partial charge in [0.05, 0.1) is 18.7 Å². The molecule has 1 saturated carbocycles. The molecule has 0 aliphatic heterocycles. The van der Waals surface area contributed by atoms with Crippen molar-refractivity contribution in [2.75, 3.05) is 40.4 Å². The van der Waals surface area contributed by atoms with Crippen molar-refractivity contribution < 1.29 is 4.74 Å². The molecular formula is C12H23N3O. The van der Waals surface area contributed by atoms with E-state index in [2.05, 4.69) is 23.3 Å². The zero-order valence-corrected chi connectivity index (χ0v) is 10.4. The highest BCUT2D eigenvalue weighted by molar-refractivity contribution is 4.88. The molecule has 1 atom stereocenters. The largest absolute Gasteiger partial charge is 0.380 e. The van der Waals surface area contributed by atoms with Crippen molar-refractivity contribution in [2.45, 2.75) is 25.3 Å². The number of hydrogen-bond donors (Lipinski definition) is 1. The van der Waals surface area contributed by atoms with Crippen LogP contribution >= 0.6 is 0 Å². The molecule has 16 heavy (non-hydrogen) atoms. The number of nitrogens with zero attached hydrogens (tertiary/aromatic N) is 2. The van der Waals surface area contributed by atoms with Crippen LogP contribution in [0.1, 0.15) is 19.3 Å². The lowest BCUT2D eigenvalue weighted by atomic mass is 10.2. The van der Waals surface area contributed by atoms with Gasteiger partial charge in [-0.1, -0.05) is 0 Å². The van der Waals surface area contributed by atoms with Gasteiger partial charge in [-0.25, -0.2) is 0 Å². The van der Waals surface area contributed by atoms with Crippen LogP contribution in [0, 0.1) is 17.2 Å². The Bertz CT molecular complexity index is 223. The van der Waals surface area contributed by atoms with Gasteiger partial charge >= 0.3 is 0 Å². The quantitative estimate of drug-likeness (QED) is 0.591. The summed E-state index contributed by atoms with van der Waals surface area (Å²) < 4.78 is 5.57. The zero-order chi connectivity index (χ0) is 11.8. The Hall–Kier alpha value is -0.630. The highest BCUT2D eigenvalue weighted by Crippen LogP contribution is 2.28. The molecule has 0 aromatic rings. The van der Waals surface area contributed by atoms with E-state index in [9.17, 15) is 0 Å². The van der Waals surface area contributed by atoms with E-state index in [1.165, 1.54) is 12.8 Å². The van der Waals surface area contributed by atoms with Gasteiger partial charge in [0.2, 0.25) is 0 Å². The molecule has 0 saturated heterocycles. The van der Waals surface area contributed by atoms with Crippen LogP contribution in [-0.4, -0.2) is 51.3 Å². The fourth-order valence-electron chi connectivity index (χ4n) is 1.49. The van der Waals surface area contributed by atoms with E-state index in [1.807, 2.05) is 7.05 Å². The first-order valence-corrected chi connectivity index (χ1v) is 6.09. The second-order valence-electron chi connectivity index (χ2n) is 4.58. The molecule has 0 radical (unpaired) electrons. The molecule has 0 aromatic carbocycles. The smallest absolute Gasteiger partial charge is 0.0962 e. The standard InChI is InChI=1S/C12H23N3O/c1-14-12(9-13)5-6-15(2)7-8-16-10-11-3-4-11/h11-12,14H,3-8,10H2,1-2H3. The lowest BCUT2D eigenvalue weighted by Crippen LogP contribution is -2.31. The minimum atomic E-state index is -0.0326. The monoisotopic (exact) mass is 225 g/mol. The molecule has 0 heterocycles. The van der Waals surface area contributed by atoms with E-state index in [4.69, 9.17) is 10.00 Å². The molecule has 0 amide bonds. The molecule has 1 rings (SSSR count). The predicted molar refractivity (Wildman–Crippen MR) is 64.1 cm³/mol. The summed E-state index contributed by atoms with van der Waals surface area (Å²) in [6, 6.07) is 2.20. The zero-order valence-electron chi connectivity index (χ0n) is 10.4. The number of nitrogens with one attached hydrogen (secondary N) is 1. The number of ether oxygens (including phenoxy) is 1. The summed E-state index contributed by atoms with van der Waals surface area (Å²) in [6.07, 6.45) is 3.57. The topological polar surface area (TPSA) is 48.3 Å². The minimum Gasteiger partial charge on any atom is -0.380 e. The van der Waals surface area contributed by atoms with Gasteiger partial charge in [0.25, 0.3) is 0 Å². The van der Waals surface area contributed by atoms with Crippen LogP contribution in [0.25, 0.3) is 0 Å². The maximum atomic E-state index is 8.77. The summed E-state index contributed by atoms with van der Waals surface area (Å²) in [5.74, 6) is 0.845. The highest BCUT2D eigenvalue weighted by Gasteiger charge is 2.20. The predicted octanol–water partition coefficient (Wildman–Crippen LogP) is 0.846. The maximum absolute atomic E-state index is 8.77. The van der Waals surface area contributed by atoms with Crippen LogP contribution in [0.3, 0.4) is 0 Å². The molecule has 0 aromatic heterocycles. The lowest BCUT2D eigenvalue weighted by molar-refractivity contribution is 0.103. The fraction of sp³-hybridized carbons (Fsp3) is 0.917. The third kappa shape index (κ3) is 6.06. The first-order chi connectivity index (χ1) is 7.76. The van der Waals surface area contributed by atoms with Crippen LogP contribution in [-0.2, 0) is 4.74 Å². The Morgan fingerprint density at radius 3 is 2.81 bits per heavy atom. The molecule has 1 aliphatic rings. The van der Waals surface area contributed by atoms with Crippen molar-refractivity contribution in [3.63, 3.8) is 0 Å². The van der Waals surface area contributed by atoms with Gasteiger partial charge in [-0.2, -0.15) is 5.26 Å². The maximum Gasteiger partial charge on any atom is 0.0962 e. The molecule has 1 aliphatic carbocycles. The first kappa shape index (κ1) is 13.4. The molecule has 4 heteroatoms. The Labute approximate surface area is 98.6 Å². The van der Waals surface area contributed by atoms with E-state index in [1.54, 1.807) is 0 Å². The second-order valence-corrected chi connectivity index (χ2v) is 4.58. The average Bonchev–Trinajstić information content (AvgIpc) is 3.10. The third-order valence-electron chi connectivity index (χ3n) is 2.97. The SMILES string of the molecule is CNC(C#N)CCN(C)CCOCC1CC1. The van der Waals surface area contributed by atoms with Crippen LogP contribution in [0.2, 0.25) is 0 Å². The van der Waals surface area contributed by atoms with E-state index < -0.39 is 0 Å². The molecule has 1 fully saturated rings. The minimum absolute atomic E-state index is 0.0326. The molecule has 4 nitrogen and oxygen atoms in total. The van der Waals surface area contributed by atoms with Crippen molar-refractivity contribution >= 4 is 0 Å². The molecular weight excluding hydrogens is 202 g/mol. The summed E-state index contributed by atoms with van der Waals surface area (Å²) in [5.41, 5.74) is 0. The second kappa shape index (κ2) is 7.61. The molecule has 0 bridgehead atoms. The lowest BCUT2D eigenvalue weighted by Gasteiger charge is -2.18. The molecule has 1 N–H and O–H groups in total. The van der Waals surface area contributed by atoms with E-state index >= 15 is 0 Å². The number of hydrogen-bond acceptors (Lipinski definition) is 4. The molecule has 92 valence electrons. The van der Waals surface area contributed by atoms with Crippen LogP contribution in [0.5, 0.6) is 0 Å². The number of likely N-dealkylation sites (N-methyl/N-ethyl adjacent to an activating group) is 1. The Balaban J connectivity index is 1.92.